The summed E-state index contributed by atoms with van der Waals surface area (Å²) in [6, 6.07) is 19.6. The van der Waals surface area contributed by atoms with Crippen LogP contribution >= 0.6 is 11.3 Å². The van der Waals surface area contributed by atoms with Crippen LogP contribution in [0.5, 0.6) is 0 Å². The van der Waals surface area contributed by atoms with E-state index in [0.717, 1.165) is 5.56 Å². The molecular formula is C22H20N2O4S. The Bertz CT molecular complexity index is 987. The largest absolute Gasteiger partial charge is 0.460 e. The van der Waals surface area contributed by atoms with E-state index in [-0.39, 0.29) is 19.1 Å². The highest BCUT2D eigenvalue weighted by Crippen LogP contribution is 2.22. The fraction of sp³-hybridized carbons (Fsp3) is 0.136. The smallest absolute Gasteiger partial charge is 0.325 e. The lowest BCUT2D eigenvalue weighted by atomic mass is 10.1. The molecule has 7 heteroatoms. The number of para-hydroxylation sites is 1. The summed E-state index contributed by atoms with van der Waals surface area (Å²) in [4.78, 5) is 39.1. The minimum Gasteiger partial charge on any atom is -0.460 e. The molecule has 1 N–H and O–H groups in total. The summed E-state index contributed by atoms with van der Waals surface area (Å²) in [5, 5.41) is 4.38. The van der Waals surface area contributed by atoms with Gasteiger partial charge in [0.1, 0.15) is 13.2 Å². The van der Waals surface area contributed by atoms with Crippen molar-refractivity contribution >= 4 is 34.8 Å². The number of amides is 2. The molecule has 0 atom stereocenters. The van der Waals surface area contributed by atoms with Gasteiger partial charge in [-0.3, -0.25) is 14.4 Å². The maximum absolute atomic E-state index is 12.6. The molecule has 0 saturated carbocycles. The van der Waals surface area contributed by atoms with Gasteiger partial charge in [0.05, 0.1) is 16.1 Å². The van der Waals surface area contributed by atoms with E-state index in [1.54, 1.807) is 43.4 Å². The maximum atomic E-state index is 12.6. The first kappa shape index (κ1) is 20.3. The van der Waals surface area contributed by atoms with E-state index >= 15 is 0 Å². The van der Waals surface area contributed by atoms with Gasteiger partial charge in [-0.25, -0.2) is 0 Å². The van der Waals surface area contributed by atoms with Crippen molar-refractivity contribution in [3.63, 3.8) is 0 Å². The summed E-state index contributed by atoms with van der Waals surface area (Å²) >= 11 is 1.33. The Kier molecular flexibility index (Phi) is 6.76. The number of hydrogen-bond acceptors (Lipinski definition) is 5. The lowest BCUT2D eigenvalue weighted by molar-refractivity contribution is -0.143. The molecule has 0 aliphatic heterocycles. The third kappa shape index (κ3) is 5.30. The van der Waals surface area contributed by atoms with Crippen molar-refractivity contribution in [2.45, 2.75) is 6.61 Å². The number of thiophene rings is 1. The lowest BCUT2D eigenvalue weighted by Crippen LogP contribution is -2.33. The van der Waals surface area contributed by atoms with Gasteiger partial charge in [0.2, 0.25) is 0 Å². The van der Waals surface area contributed by atoms with E-state index in [0.29, 0.717) is 16.1 Å². The molecule has 0 saturated heterocycles. The van der Waals surface area contributed by atoms with Gasteiger partial charge in [0.15, 0.2) is 0 Å². The minimum absolute atomic E-state index is 0.143. The molecule has 148 valence electrons. The van der Waals surface area contributed by atoms with Crippen LogP contribution in [0, 0.1) is 0 Å². The normalized spacial score (nSPS) is 10.2. The number of nitrogens with zero attached hydrogens (tertiary/aromatic N) is 1. The van der Waals surface area contributed by atoms with Gasteiger partial charge in [-0.05, 0) is 29.1 Å². The highest BCUT2D eigenvalue weighted by Gasteiger charge is 2.20. The van der Waals surface area contributed by atoms with E-state index in [2.05, 4.69) is 5.32 Å². The topological polar surface area (TPSA) is 75.7 Å². The van der Waals surface area contributed by atoms with Crippen LogP contribution in [0.15, 0.2) is 72.1 Å². The zero-order chi connectivity index (χ0) is 20.6. The van der Waals surface area contributed by atoms with Crippen LogP contribution in [0.4, 0.5) is 5.69 Å². The molecule has 0 bridgehead atoms. The molecule has 2 aromatic carbocycles. The summed E-state index contributed by atoms with van der Waals surface area (Å²) in [7, 11) is 1.61. The Morgan fingerprint density at radius 1 is 0.966 bits per heavy atom. The van der Waals surface area contributed by atoms with Crippen molar-refractivity contribution in [2.24, 2.45) is 0 Å². The summed E-state index contributed by atoms with van der Waals surface area (Å²) in [6.07, 6.45) is 0. The average Bonchev–Trinajstić information content (AvgIpc) is 3.30. The second-order valence-corrected chi connectivity index (χ2v) is 7.14. The second kappa shape index (κ2) is 9.66. The second-order valence-electron chi connectivity index (χ2n) is 6.19. The van der Waals surface area contributed by atoms with E-state index in [1.807, 2.05) is 35.7 Å². The molecule has 3 aromatic rings. The van der Waals surface area contributed by atoms with Crippen molar-refractivity contribution in [3.05, 3.63) is 88.1 Å². The number of carbonyl (C=O) groups excluding carboxylic acids is 3. The molecule has 29 heavy (non-hydrogen) atoms. The maximum Gasteiger partial charge on any atom is 0.325 e. The first-order valence-corrected chi connectivity index (χ1v) is 9.82. The molecule has 2 amide bonds. The molecule has 1 aromatic heterocycles. The third-order valence-electron chi connectivity index (χ3n) is 4.18. The summed E-state index contributed by atoms with van der Waals surface area (Å²) in [5.74, 6) is -1.20. The molecule has 0 aliphatic rings. The zero-order valence-corrected chi connectivity index (χ0v) is 16.6. The van der Waals surface area contributed by atoms with Crippen LogP contribution in [-0.2, 0) is 16.1 Å². The molecule has 0 unspecified atom stereocenters. The monoisotopic (exact) mass is 408 g/mol. The number of rotatable bonds is 7. The van der Waals surface area contributed by atoms with E-state index in [9.17, 15) is 14.4 Å². The van der Waals surface area contributed by atoms with Gasteiger partial charge >= 0.3 is 5.97 Å². The molecule has 0 fully saturated rings. The molecule has 0 spiro atoms. The van der Waals surface area contributed by atoms with Crippen molar-refractivity contribution < 1.29 is 19.1 Å². The highest BCUT2D eigenvalue weighted by atomic mass is 32.1. The van der Waals surface area contributed by atoms with Crippen molar-refractivity contribution in [1.82, 2.24) is 5.32 Å². The first-order valence-electron chi connectivity index (χ1n) is 8.94. The quantitative estimate of drug-likeness (QED) is 0.607. The fourth-order valence-electron chi connectivity index (χ4n) is 2.67. The van der Waals surface area contributed by atoms with E-state index < -0.39 is 11.9 Å². The predicted octanol–water partition coefficient (Wildman–Crippen LogP) is 3.50. The van der Waals surface area contributed by atoms with Crippen LogP contribution in [0.3, 0.4) is 0 Å². The van der Waals surface area contributed by atoms with Gasteiger partial charge in [-0.15, -0.1) is 11.3 Å². The van der Waals surface area contributed by atoms with Crippen LogP contribution in [-0.4, -0.2) is 31.4 Å². The Morgan fingerprint density at radius 3 is 2.41 bits per heavy atom. The van der Waals surface area contributed by atoms with Gasteiger partial charge in [0, 0.05) is 7.05 Å². The number of nitrogens with one attached hydrogen (secondary N) is 1. The molecular weight excluding hydrogens is 388 g/mol. The molecule has 1 heterocycles. The Labute approximate surface area is 172 Å². The first-order chi connectivity index (χ1) is 14.1. The fourth-order valence-corrected chi connectivity index (χ4v) is 3.37. The van der Waals surface area contributed by atoms with E-state index in [1.165, 1.54) is 16.2 Å². The Hall–Kier alpha value is -3.45. The number of esters is 1. The number of ether oxygens (including phenoxy) is 1. The summed E-state index contributed by atoms with van der Waals surface area (Å²) < 4.78 is 5.16. The molecule has 0 radical (unpaired) electrons. The van der Waals surface area contributed by atoms with Gasteiger partial charge in [-0.1, -0.05) is 48.5 Å². The summed E-state index contributed by atoms with van der Waals surface area (Å²) in [5.41, 5.74) is 1.63. The molecule has 0 aliphatic carbocycles. The van der Waals surface area contributed by atoms with Gasteiger partial charge in [-0.2, -0.15) is 0 Å². The highest BCUT2D eigenvalue weighted by molar-refractivity contribution is 7.12. The average molecular weight is 408 g/mol. The molecule has 3 rings (SSSR count). The van der Waals surface area contributed by atoms with Crippen molar-refractivity contribution in [1.29, 1.82) is 0 Å². The van der Waals surface area contributed by atoms with Gasteiger partial charge < -0.3 is 15.0 Å². The number of anilines is 1. The van der Waals surface area contributed by atoms with Crippen LogP contribution in [0.2, 0.25) is 0 Å². The Morgan fingerprint density at radius 2 is 1.69 bits per heavy atom. The van der Waals surface area contributed by atoms with Crippen molar-refractivity contribution in [3.8, 4) is 0 Å². The van der Waals surface area contributed by atoms with Crippen molar-refractivity contribution in [2.75, 3.05) is 18.5 Å². The number of benzene rings is 2. The standard InChI is InChI=1S/C22H20N2O4S/c1-24(22(27)19-12-7-13-29-19)18-11-6-5-10-17(18)21(26)23-14-20(25)28-15-16-8-3-2-4-9-16/h2-13H,14-15H2,1H3,(H,23,26). The minimum atomic E-state index is -0.539. The number of hydrogen-bond donors (Lipinski definition) is 1. The zero-order valence-electron chi connectivity index (χ0n) is 15.8. The predicted molar refractivity (Wildman–Crippen MR) is 112 cm³/mol. The summed E-state index contributed by atoms with van der Waals surface area (Å²) in [6.45, 7) is -0.118. The third-order valence-corrected chi connectivity index (χ3v) is 5.04. The molecule has 6 nitrogen and oxygen atoms in total. The van der Waals surface area contributed by atoms with Crippen LogP contribution in [0.25, 0.3) is 0 Å². The SMILES string of the molecule is CN(C(=O)c1cccs1)c1ccccc1C(=O)NCC(=O)OCc1ccccc1. The van der Waals surface area contributed by atoms with E-state index in [4.69, 9.17) is 4.74 Å². The van der Waals surface area contributed by atoms with Crippen LogP contribution in [0.1, 0.15) is 25.6 Å². The Balaban J connectivity index is 1.61. The lowest BCUT2D eigenvalue weighted by Gasteiger charge is -2.19. The van der Waals surface area contributed by atoms with Gasteiger partial charge in [0.25, 0.3) is 11.8 Å². The number of carbonyl (C=O) groups is 3. The van der Waals surface area contributed by atoms with Crippen LogP contribution < -0.4 is 10.2 Å².